The van der Waals surface area contributed by atoms with Gasteiger partial charge in [0.2, 0.25) is 12.7 Å². The number of hydrogen-bond donors (Lipinski definition) is 2. The van der Waals surface area contributed by atoms with Crippen LogP contribution in [-0.2, 0) is 16.1 Å². The summed E-state index contributed by atoms with van der Waals surface area (Å²) in [4.78, 5) is 43.4. The van der Waals surface area contributed by atoms with Crippen LogP contribution in [0.5, 0.6) is 11.5 Å². The Morgan fingerprint density at radius 1 is 1.06 bits per heavy atom. The molecular formula is C24H24N4O5S. The van der Waals surface area contributed by atoms with Gasteiger partial charge in [0.25, 0.3) is 11.8 Å². The van der Waals surface area contributed by atoms with E-state index in [0.717, 1.165) is 36.7 Å². The zero-order valence-electron chi connectivity index (χ0n) is 18.4. The van der Waals surface area contributed by atoms with Crippen molar-refractivity contribution in [1.29, 1.82) is 0 Å². The number of anilines is 1. The summed E-state index contributed by atoms with van der Waals surface area (Å²) in [6.07, 6.45) is 2.26. The summed E-state index contributed by atoms with van der Waals surface area (Å²) >= 11 is 1.37. The smallest absolute Gasteiger partial charge is 0.262 e. The van der Waals surface area contributed by atoms with Crippen LogP contribution in [0.15, 0.2) is 47.5 Å². The van der Waals surface area contributed by atoms with E-state index in [1.807, 2.05) is 18.2 Å². The number of rotatable bonds is 6. The van der Waals surface area contributed by atoms with Crippen molar-refractivity contribution < 1.29 is 23.9 Å². The Hall–Kier alpha value is -3.53. The molecule has 2 N–H and O–H groups in total. The minimum Gasteiger partial charge on any atom is -0.454 e. The number of nitrogens with one attached hydrogen (secondary N) is 2. The lowest BCUT2D eigenvalue weighted by Crippen LogP contribution is -2.25. The molecule has 3 heterocycles. The van der Waals surface area contributed by atoms with E-state index in [1.54, 1.807) is 24.3 Å². The van der Waals surface area contributed by atoms with Crippen LogP contribution in [0.3, 0.4) is 0 Å². The SMILES string of the molecule is O=C(CC1SC(N2CCCC2)=NC1=O)Nc1ccc(C(=O)NCc2ccc3c(c2)OCO3)cc1. The maximum absolute atomic E-state index is 12.5. The molecule has 1 atom stereocenters. The third kappa shape index (κ3) is 5.01. The van der Waals surface area contributed by atoms with Crippen molar-refractivity contribution in [3.05, 3.63) is 53.6 Å². The molecule has 9 nitrogen and oxygen atoms in total. The van der Waals surface area contributed by atoms with Crippen LogP contribution < -0.4 is 20.1 Å². The first kappa shape index (κ1) is 22.3. The molecule has 0 aliphatic carbocycles. The van der Waals surface area contributed by atoms with Gasteiger partial charge in [-0.1, -0.05) is 17.8 Å². The number of benzene rings is 2. The summed E-state index contributed by atoms with van der Waals surface area (Å²) in [6.45, 7) is 2.38. The van der Waals surface area contributed by atoms with Crippen molar-refractivity contribution in [3.8, 4) is 11.5 Å². The molecular weight excluding hydrogens is 456 g/mol. The number of aliphatic imine (C=N–C) groups is 1. The van der Waals surface area contributed by atoms with Gasteiger partial charge in [-0.25, -0.2) is 0 Å². The monoisotopic (exact) mass is 480 g/mol. The molecule has 3 aliphatic rings. The first-order valence-electron chi connectivity index (χ1n) is 11.2. The highest BCUT2D eigenvalue weighted by Crippen LogP contribution is 2.32. The first-order chi connectivity index (χ1) is 16.5. The number of hydrogen-bond acceptors (Lipinski definition) is 7. The summed E-state index contributed by atoms with van der Waals surface area (Å²) in [5.41, 5.74) is 1.94. The maximum atomic E-state index is 12.5. The molecule has 5 rings (SSSR count). The Morgan fingerprint density at radius 3 is 2.62 bits per heavy atom. The number of ether oxygens (including phenoxy) is 2. The fraction of sp³-hybridized carbons (Fsp3) is 0.333. The van der Waals surface area contributed by atoms with Gasteiger partial charge in [0, 0.05) is 37.3 Å². The topological polar surface area (TPSA) is 109 Å². The Labute approximate surface area is 200 Å². The molecule has 1 unspecified atom stereocenters. The van der Waals surface area contributed by atoms with Crippen molar-refractivity contribution in [1.82, 2.24) is 10.2 Å². The Morgan fingerprint density at radius 2 is 1.82 bits per heavy atom. The molecule has 3 aliphatic heterocycles. The Kier molecular flexibility index (Phi) is 6.39. The fourth-order valence-corrected chi connectivity index (χ4v) is 5.09. The number of nitrogens with zero attached hydrogens (tertiary/aromatic N) is 2. The van der Waals surface area contributed by atoms with Gasteiger partial charge in [0.1, 0.15) is 5.25 Å². The molecule has 2 aromatic carbocycles. The molecule has 176 valence electrons. The highest BCUT2D eigenvalue weighted by Gasteiger charge is 2.33. The van der Waals surface area contributed by atoms with Crippen molar-refractivity contribution in [3.63, 3.8) is 0 Å². The minimum absolute atomic E-state index is 0.0576. The summed E-state index contributed by atoms with van der Waals surface area (Å²) in [5.74, 6) is 0.627. The molecule has 1 saturated heterocycles. The van der Waals surface area contributed by atoms with Crippen molar-refractivity contribution in [2.75, 3.05) is 25.2 Å². The quantitative estimate of drug-likeness (QED) is 0.654. The van der Waals surface area contributed by atoms with Crippen LogP contribution in [0.1, 0.15) is 35.2 Å². The highest BCUT2D eigenvalue weighted by molar-refractivity contribution is 8.15. The van der Waals surface area contributed by atoms with Crippen LogP contribution >= 0.6 is 11.8 Å². The number of fused-ring (bicyclic) bond motifs is 1. The molecule has 1 fully saturated rings. The van der Waals surface area contributed by atoms with Gasteiger partial charge in [-0.15, -0.1) is 0 Å². The summed E-state index contributed by atoms with van der Waals surface area (Å²) in [6, 6.07) is 12.2. The largest absolute Gasteiger partial charge is 0.454 e. The third-order valence-corrected chi connectivity index (χ3v) is 7.01. The molecule has 0 saturated carbocycles. The van der Waals surface area contributed by atoms with Crippen molar-refractivity contribution in [2.24, 2.45) is 4.99 Å². The number of carbonyl (C=O) groups is 3. The van der Waals surface area contributed by atoms with Crippen LogP contribution in [0.4, 0.5) is 5.69 Å². The van der Waals surface area contributed by atoms with Crippen LogP contribution in [0, 0.1) is 0 Å². The standard InChI is InChI=1S/C24H24N4O5S/c29-21(12-20-23(31)27-24(34-20)28-9-1-2-10-28)26-17-6-4-16(5-7-17)22(30)25-13-15-3-8-18-19(11-15)33-14-32-18/h3-8,11,20H,1-2,9-10,12-14H2,(H,25,30)(H,26,29). The zero-order chi connectivity index (χ0) is 23.5. The van der Waals surface area contributed by atoms with E-state index in [1.165, 1.54) is 11.8 Å². The average molecular weight is 481 g/mol. The van der Waals surface area contributed by atoms with Gasteiger partial charge in [-0.2, -0.15) is 4.99 Å². The average Bonchev–Trinajstić information content (AvgIpc) is 3.59. The predicted molar refractivity (Wildman–Crippen MR) is 128 cm³/mol. The number of carbonyl (C=O) groups excluding carboxylic acids is 3. The van der Waals surface area contributed by atoms with Gasteiger partial charge in [0.15, 0.2) is 16.7 Å². The lowest BCUT2D eigenvalue weighted by atomic mass is 10.1. The number of amides is 3. The molecule has 3 amide bonds. The lowest BCUT2D eigenvalue weighted by molar-refractivity contribution is -0.121. The van der Waals surface area contributed by atoms with E-state index in [9.17, 15) is 14.4 Å². The molecule has 0 spiro atoms. The summed E-state index contributed by atoms with van der Waals surface area (Å²) < 4.78 is 10.6. The van der Waals surface area contributed by atoms with Crippen LogP contribution in [-0.4, -0.2) is 52.9 Å². The predicted octanol–water partition coefficient (Wildman–Crippen LogP) is 2.77. The summed E-state index contributed by atoms with van der Waals surface area (Å²) in [5, 5.41) is 5.91. The molecule has 0 bridgehead atoms. The van der Waals surface area contributed by atoms with E-state index < -0.39 is 5.25 Å². The maximum Gasteiger partial charge on any atom is 0.262 e. The van der Waals surface area contributed by atoms with Gasteiger partial charge in [-0.05, 0) is 54.8 Å². The van der Waals surface area contributed by atoms with Gasteiger partial charge in [0.05, 0.1) is 0 Å². The molecule has 2 aromatic rings. The first-order valence-corrected chi connectivity index (χ1v) is 12.0. The van der Waals surface area contributed by atoms with E-state index in [4.69, 9.17) is 9.47 Å². The third-order valence-electron chi connectivity index (χ3n) is 5.80. The Bertz CT molecular complexity index is 1140. The molecule has 0 aromatic heterocycles. The van der Waals surface area contributed by atoms with E-state index in [2.05, 4.69) is 20.5 Å². The van der Waals surface area contributed by atoms with E-state index in [-0.39, 0.29) is 30.9 Å². The normalized spacial score (nSPS) is 18.7. The van der Waals surface area contributed by atoms with Crippen molar-refractivity contribution in [2.45, 2.75) is 31.1 Å². The van der Waals surface area contributed by atoms with Crippen molar-refractivity contribution >= 4 is 40.3 Å². The fourth-order valence-electron chi connectivity index (χ4n) is 3.97. The molecule has 0 radical (unpaired) electrons. The summed E-state index contributed by atoms with van der Waals surface area (Å²) in [7, 11) is 0. The zero-order valence-corrected chi connectivity index (χ0v) is 19.2. The minimum atomic E-state index is -0.489. The van der Waals surface area contributed by atoms with Crippen LogP contribution in [0.25, 0.3) is 0 Å². The highest BCUT2D eigenvalue weighted by atomic mass is 32.2. The lowest BCUT2D eigenvalue weighted by Gasteiger charge is -2.16. The van der Waals surface area contributed by atoms with E-state index >= 15 is 0 Å². The van der Waals surface area contributed by atoms with Gasteiger partial charge in [-0.3, -0.25) is 14.4 Å². The second-order valence-corrected chi connectivity index (χ2v) is 9.40. The second-order valence-electron chi connectivity index (χ2n) is 8.23. The number of thioether (sulfide) groups is 1. The van der Waals surface area contributed by atoms with Gasteiger partial charge < -0.3 is 25.0 Å². The Balaban J connectivity index is 1.10. The number of amidine groups is 1. The van der Waals surface area contributed by atoms with Crippen LogP contribution in [0.2, 0.25) is 0 Å². The molecule has 10 heteroatoms. The molecule has 34 heavy (non-hydrogen) atoms. The number of likely N-dealkylation sites (tertiary alicyclic amines) is 1. The van der Waals surface area contributed by atoms with E-state index in [0.29, 0.717) is 29.3 Å². The van der Waals surface area contributed by atoms with Gasteiger partial charge >= 0.3 is 0 Å². The second kappa shape index (κ2) is 9.76.